The quantitative estimate of drug-likeness (QED) is 0.285. The van der Waals surface area contributed by atoms with E-state index in [4.69, 9.17) is 15.9 Å². The Hall–Kier alpha value is -0.850. The van der Waals surface area contributed by atoms with Crippen molar-refractivity contribution in [2.45, 2.75) is 38.1 Å². The van der Waals surface area contributed by atoms with Crippen LogP contribution >= 0.6 is 0 Å². The van der Waals surface area contributed by atoms with Crippen LogP contribution in [0.3, 0.4) is 0 Å². The molecule has 0 bridgehead atoms. The molecule has 1 aliphatic heterocycles. The lowest BCUT2D eigenvalue weighted by molar-refractivity contribution is 0.201. The van der Waals surface area contributed by atoms with Gasteiger partial charge in [0.1, 0.15) is 0 Å². The summed E-state index contributed by atoms with van der Waals surface area (Å²) in [5.41, 5.74) is 2.78. The standard InChI is InChI=1S/C13H27N5O/c14-16-13(15-12-4-1-2-5-12)18-7-3-6-17(8-9-18)10-11-19/h12,19H,1-11,14H2,(H,15,16). The number of hydrazine groups is 1. The van der Waals surface area contributed by atoms with Crippen molar-refractivity contribution in [1.82, 2.24) is 15.2 Å². The fourth-order valence-corrected chi connectivity index (χ4v) is 2.96. The molecule has 4 N–H and O–H groups in total. The van der Waals surface area contributed by atoms with Crippen LogP contribution in [0, 0.1) is 0 Å². The Kier molecular flexibility index (Phi) is 5.88. The van der Waals surface area contributed by atoms with Gasteiger partial charge in [0.05, 0.1) is 12.6 Å². The lowest BCUT2D eigenvalue weighted by Crippen LogP contribution is -2.47. The fraction of sp³-hybridized carbons (Fsp3) is 0.923. The third-order valence-corrected chi connectivity index (χ3v) is 4.06. The molecule has 1 saturated carbocycles. The van der Waals surface area contributed by atoms with Crippen molar-refractivity contribution in [2.24, 2.45) is 10.8 Å². The Bertz CT molecular complexity index is 291. The summed E-state index contributed by atoms with van der Waals surface area (Å²) in [5.74, 6) is 6.50. The van der Waals surface area contributed by atoms with E-state index in [2.05, 4.69) is 15.2 Å². The van der Waals surface area contributed by atoms with Crippen molar-refractivity contribution < 1.29 is 5.11 Å². The highest BCUT2D eigenvalue weighted by molar-refractivity contribution is 5.79. The number of hydrogen-bond acceptors (Lipinski definition) is 4. The van der Waals surface area contributed by atoms with Crippen molar-refractivity contribution in [2.75, 3.05) is 39.3 Å². The molecule has 0 atom stereocenters. The Morgan fingerprint density at radius 1 is 1.16 bits per heavy atom. The molecule has 2 aliphatic rings. The fourth-order valence-electron chi connectivity index (χ4n) is 2.96. The molecule has 0 aromatic carbocycles. The van der Waals surface area contributed by atoms with Gasteiger partial charge in [-0.15, -0.1) is 0 Å². The Labute approximate surface area is 115 Å². The van der Waals surface area contributed by atoms with Gasteiger partial charge in [0.15, 0.2) is 0 Å². The minimum atomic E-state index is 0.234. The number of nitrogens with zero attached hydrogens (tertiary/aromatic N) is 3. The van der Waals surface area contributed by atoms with Gasteiger partial charge >= 0.3 is 0 Å². The van der Waals surface area contributed by atoms with Gasteiger partial charge in [-0.25, -0.2) is 10.8 Å². The summed E-state index contributed by atoms with van der Waals surface area (Å²) in [4.78, 5) is 9.31. The molecule has 1 heterocycles. The van der Waals surface area contributed by atoms with E-state index in [1.807, 2.05) is 0 Å². The molecule has 6 nitrogen and oxygen atoms in total. The number of aliphatic hydroxyl groups is 1. The number of rotatable bonds is 3. The van der Waals surface area contributed by atoms with E-state index in [1.54, 1.807) is 0 Å². The third kappa shape index (κ3) is 4.33. The summed E-state index contributed by atoms with van der Waals surface area (Å²) in [6.45, 7) is 4.91. The molecule has 0 spiro atoms. The highest BCUT2D eigenvalue weighted by atomic mass is 16.3. The van der Waals surface area contributed by atoms with Gasteiger partial charge in [-0.3, -0.25) is 10.3 Å². The van der Waals surface area contributed by atoms with E-state index < -0.39 is 0 Å². The van der Waals surface area contributed by atoms with Gasteiger partial charge in [-0.2, -0.15) is 0 Å². The van der Waals surface area contributed by atoms with Crippen LogP contribution in [0.2, 0.25) is 0 Å². The van der Waals surface area contributed by atoms with E-state index >= 15 is 0 Å². The number of hydrogen-bond donors (Lipinski definition) is 3. The van der Waals surface area contributed by atoms with Gasteiger partial charge in [0, 0.05) is 26.2 Å². The first-order valence-corrected chi connectivity index (χ1v) is 7.46. The molecule has 6 heteroatoms. The number of nitrogens with two attached hydrogens (primary N) is 1. The second-order valence-electron chi connectivity index (χ2n) is 5.44. The number of β-amino-alcohol motifs (C(OH)–C–C–N with tert-alkyl or cyclic N) is 1. The molecule has 19 heavy (non-hydrogen) atoms. The minimum Gasteiger partial charge on any atom is -0.395 e. The predicted molar refractivity (Wildman–Crippen MR) is 76.7 cm³/mol. The van der Waals surface area contributed by atoms with Gasteiger partial charge in [-0.05, 0) is 25.8 Å². The zero-order valence-electron chi connectivity index (χ0n) is 11.7. The van der Waals surface area contributed by atoms with Crippen molar-refractivity contribution >= 4 is 5.96 Å². The number of guanidine groups is 1. The maximum absolute atomic E-state index is 9.01. The molecule has 1 saturated heterocycles. The van der Waals surface area contributed by atoms with Crippen LogP contribution in [0.15, 0.2) is 4.99 Å². The Balaban J connectivity index is 1.91. The van der Waals surface area contributed by atoms with Crippen LogP contribution in [0.4, 0.5) is 0 Å². The van der Waals surface area contributed by atoms with E-state index in [0.29, 0.717) is 6.04 Å². The van der Waals surface area contributed by atoms with Crippen LogP contribution in [0.25, 0.3) is 0 Å². The van der Waals surface area contributed by atoms with Gasteiger partial charge in [0.2, 0.25) is 5.96 Å². The zero-order valence-corrected chi connectivity index (χ0v) is 11.7. The molecule has 110 valence electrons. The molecular weight excluding hydrogens is 242 g/mol. The second-order valence-corrected chi connectivity index (χ2v) is 5.44. The molecule has 2 fully saturated rings. The SMILES string of the molecule is NNC(=NC1CCCC1)N1CCCN(CCO)CC1. The Morgan fingerprint density at radius 3 is 2.63 bits per heavy atom. The lowest BCUT2D eigenvalue weighted by Gasteiger charge is -2.25. The summed E-state index contributed by atoms with van der Waals surface area (Å²) in [5, 5.41) is 9.01. The third-order valence-electron chi connectivity index (χ3n) is 4.06. The van der Waals surface area contributed by atoms with Crippen LogP contribution in [-0.4, -0.2) is 66.2 Å². The molecule has 0 aromatic heterocycles. The number of nitrogens with one attached hydrogen (secondary N) is 1. The van der Waals surface area contributed by atoms with Gasteiger partial charge < -0.3 is 10.0 Å². The average molecular weight is 269 g/mol. The first-order chi connectivity index (χ1) is 9.33. The maximum Gasteiger partial charge on any atom is 0.208 e. The topological polar surface area (TPSA) is 77.1 Å². The van der Waals surface area contributed by atoms with Crippen LogP contribution in [0.1, 0.15) is 32.1 Å². The highest BCUT2D eigenvalue weighted by Gasteiger charge is 2.20. The normalized spacial score (nSPS) is 23.7. The second kappa shape index (κ2) is 7.67. The van der Waals surface area contributed by atoms with Crippen molar-refractivity contribution in [1.29, 1.82) is 0 Å². The first kappa shape index (κ1) is 14.6. The van der Waals surface area contributed by atoms with E-state index in [9.17, 15) is 0 Å². The molecule has 0 radical (unpaired) electrons. The smallest absolute Gasteiger partial charge is 0.208 e. The monoisotopic (exact) mass is 269 g/mol. The minimum absolute atomic E-state index is 0.234. The highest BCUT2D eigenvalue weighted by Crippen LogP contribution is 2.21. The lowest BCUT2D eigenvalue weighted by atomic mass is 10.3. The predicted octanol–water partition coefficient (Wildman–Crippen LogP) is -0.252. The summed E-state index contributed by atoms with van der Waals surface area (Å²) < 4.78 is 0. The number of aliphatic hydroxyl groups excluding tert-OH is 1. The summed E-state index contributed by atoms with van der Waals surface area (Å²) in [7, 11) is 0. The average Bonchev–Trinajstić information content (AvgIpc) is 2.82. The van der Waals surface area contributed by atoms with Crippen LogP contribution in [-0.2, 0) is 0 Å². The van der Waals surface area contributed by atoms with Crippen LogP contribution < -0.4 is 11.3 Å². The first-order valence-electron chi connectivity index (χ1n) is 7.46. The van der Waals surface area contributed by atoms with E-state index in [0.717, 1.165) is 45.1 Å². The largest absolute Gasteiger partial charge is 0.395 e. The molecule has 2 rings (SSSR count). The van der Waals surface area contributed by atoms with Crippen molar-refractivity contribution in [3.8, 4) is 0 Å². The molecular formula is C13H27N5O. The maximum atomic E-state index is 9.01. The zero-order chi connectivity index (χ0) is 13.5. The molecule has 0 unspecified atom stereocenters. The van der Waals surface area contributed by atoms with E-state index in [1.165, 1.54) is 25.7 Å². The summed E-state index contributed by atoms with van der Waals surface area (Å²) in [6, 6.07) is 0.447. The summed E-state index contributed by atoms with van der Waals surface area (Å²) >= 11 is 0. The van der Waals surface area contributed by atoms with Crippen molar-refractivity contribution in [3.05, 3.63) is 0 Å². The summed E-state index contributed by atoms with van der Waals surface area (Å²) in [6.07, 6.45) is 6.04. The van der Waals surface area contributed by atoms with Gasteiger partial charge in [-0.1, -0.05) is 12.8 Å². The van der Waals surface area contributed by atoms with E-state index in [-0.39, 0.29) is 6.61 Å². The van der Waals surface area contributed by atoms with Crippen LogP contribution in [0.5, 0.6) is 0 Å². The Morgan fingerprint density at radius 2 is 1.95 bits per heavy atom. The molecule has 1 aliphatic carbocycles. The molecule has 0 amide bonds. The van der Waals surface area contributed by atoms with Crippen molar-refractivity contribution in [3.63, 3.8) is 0 Å². The van der Waals surface area contributed by atoms with Gasteiger partial charge in [0.25, 0.3) is 0 Å². The molecule has 0 aromatic rings. The number of aliphatic imine (C=N–C) groups is 1.